The van der Waals surface area contributed by atoms with Gasteiger partial charge in [0.15, 0.2) is 0 Å². The van der Waals surface area contributed by atoms with E-state index in [2.05, 4.69) is 42.7 Å². The molecule has 0 unspecified atom stereocenters. The number of hydrogen-bond acceptors (Lipinski definition) is 2. The largest absolute Gasteiger partial charge is 0.497 e. The normalized spacial score (nSPS) is 18.0. The Kier molecular flexibility index (Phi) is 5.26. The van der Waals surface area contributed by atoms with Crippen LogP contribution in [0.15, 0.2) is 24.3 Å². The van der Waals surface area contributed by atoms with Crippen LogP contribution in [0.1, 0.15) is 52.2 Å². The van der Waals surface area contributed by atoms with Gasteiger partial charge in [-0.15, -0.1) is 0 Å². The molecule has 0 atom stereocenters. The lowest BCUT2D eigenvalue weighted by molar-refractivity contribution is 0.233. The number of ether oxygens (including phenoxy) is 1. The summed E-state index contributed by atoms with van der Waals surface area (Å²) in [5.74, 6) is 0.871. The van der Waals surface area contributed by atoms with Crippen LogP contribution < -0.4 is 15.4 Å². The quantitative estimate of drug-likeness (QED) is 0.875. The van der Waals surface area contributed by atoms with E-state index in [1.165, 1.54) is 16.7 Å². The molecule has 0 fully saturated rings. The molecule has 0 heterocycles. The Balaban J connectivity index is 2.19. The van der Waals surface area contributed by atoms with Gasteiger partial charge in [-0.05, 0) is 67.9 Å². The highest BCUT2D eigenvalue weighted by Crippen LogP contribution is 2.45. The van der Waals surface area contributed by atoms with Gasteiger partial charge in [-0.2, -0.15) is 0 Å². The number of carbonyl (C=O) groups excluding carboxylic acids is 1. The first-order valence-electron chi connectivity index (χ1n) is 8.56. The fourth-order valence-corrected chi connectivity index (χ4v) is 3.11. The third-order valence-electron chi connectivity index (χ3n) is 4.41. The van der Waals surface area contributed by atoms with Crippen LogP contribution in [0, 0.1) is 5.41 Å². The number of carbonyl (C=O) groups is 1. The van der Waals surface area contributed by atoms with Gasteiger partial charge in [0, 0.05) is 12.1 Å². The zero-order valence-corrected chi connectivity index (χ0v) is 15.7. The molecule has 0 aliphatic heterocycles. The van der Waals surface area contributed by atoms with Crippen molar-refractivity contribution in [2.24, 2.45) is 5.41 Å². The first kappa shape index (κ1) is 18.4. The number of fused-ring (bicyclic) bond motifs is 1. The molecule has 0 radical (unpaired) electrons. The van der Waals surface area contributed by atoms with Crippen LogP contribution >= 0.6 is 0 Å². The predicted octanol–water partition coefficient (Wildman–Crippen LogP) is 4.15. The molecule has 1 aliphatic carbocycles. The average Bonchev–Trinajstić information content (AvgIpc) is 2.47. The Morgan fingerprint density at radius 1 is 1.33 bits per heavy atom. The maximum absolute atomic E-state index is 11.9. The maximum Gasteiger partial charge on any atom is 0.315 e. The summed E-state index contributed by atoms with van der Waals surface area (Å²) in [6, 6.07) is 6.14. The van der Waals surface area contributed by atoms with Crippen molar-refractivity contribution in [3.63, 3.8) is 0 Å². The van der Waals surface area contributed by atoms with E-state index in [0.717, 1.165) is 18.6 Å². The van der Waals surface area contributed by atoms with Crippen molar-refractivity contribution in [3.8, 4) is 5.75 Å². The molecule has 0 spiro atoms. The number of benzene rings is 1. The maximum atomic E-state index is 11.9. The summed E-state index contributed by atoms with van der Waals surface area (Å²) in [6.45, 7) is 10.9. The SMILES string of the molecule is COc1ccc2c(c1)/C(=C\CNC(=O)NC(C)(C)C)C(C)(C)CC2. The van der Waals surface area contributed by atoms with Crippen LogP contribution in [-0.4, -0.2) is 25.2 Å². The standard InChI is InChI=1S/C20H30N2O2/c1-19(2,3)22-18(23)21-12-10-17-16-13-15(24-6)8-7-14(16)9-11-20(17,4)5/h7-8,10,13H,9,11-12H2,1-6H3,(H2,21,22,23)/b17-10+. The minimum absolute atomic E-state index is 0.0849. The Morgan fingerprint density at radius 3 is 2.67 bits per heavy atom. The van der Waals surface area contributed by atoms with Gasteiger partial charge >= 0.3 is 6.03 Å². The minimum Gasteiger partial charge on any atom is -0.497 e. The number of rotatable bonds is 3. The smallest absolute Gasteiger partial charge is 0.315 e. The molecule has 0 bridgehead atoms. The van der Waals surface area contributed by atoms with E-state index in [1.54, 1.807) is 7.11 Å². The van der Waals surface area contributed by atoms with Gasteiger partial charge in [0.25, 0.3) is 0 Å². The van der Waals surface area contributed by atoms with Crippen LogP contribution in [0.2, 0.25) is 0 Å². The summed E-state index contributed by atoms with van der Waals surface area (Å²) in [5.41, 5.74) is 3.71. The minimum atomic E-state index is -0.235. The lowest BCUT2D eigenvalue weighted by atomic mass is 9.70. The van der Waals surface area contributed by atoms with Gasteiger partial charge in [0.05, 0.1) is 7.11 Å². The zero-order chi connectivity index (χ0) is 18.0. The number of allylic oxidation sites excluding steroid dienone is 1. The van der Waals surface area contributed by atoms with E-state index in [4.69, 9.17) is 4.74 Å². The number of hydrogen-bond donors (Lipinski definition) is 2. The topological polar surface area (TPSA) is 50.4 Å². The molecule has 1 aromatic rings. The van der Waals surface area contributed by atoms with Gasteiger partial charge in [-0.25, -0.2) is 4.79 Å². The first-order chi connectivity index (χ1) is 11.1. The highest BCUT2D eigenvalue weighted by Gasteiger charge is 2.30. The summed E-state index contributed by atoms with van der Waals surface area (Å²) in [7, 11) is 1.69. The fraction of sp³-hybridized carbons (Fsp3) is 0.550. The molecule has 24 heavy (non-hydrogen) atoms. The number of aryl methyl sites for hydroxylation is 1. The van der Waals surface area contributed by atoms with Gasteiger partial charge in [-0.3, -0.25) is 0 Å². The van der Waals surface area contributed by atoms with Gasteiger partial charge < -0.3 is 15.4 Å². The molecule has 1 aliphatic rings. The third kappa shape index (κ3) is 4.53. The van der Waals surface area contributed by atoms with Crippen molar-refractivity contribution in [2.45, 2.75) is 53.0 Å². The molecule has 2 N–H and O–H groups in total. The van der Waals surface area contributed by atoms with Crippen molar-refractivity contribution in [3.05, 3.63) is 35.4 Å². The van der Waals surface area contributed by atoms with Gasteiger partial charge in [0.2, 0.25) is 0 Å². The van der Waals surface area contributed by atoms with E-state index < -0.39 is 0 Å². The zero-order valence-electron chi connectivity index (χ0n) is 15.7. The lowest BCUT2D eigenvalue weighted by Gasteiger charge is -2.35. The highest BCUT2D eigenvalue weighted by atomic mass is 16.5. The number of nitrogens with one attached hydrogen (secondary N) is 2. The second kappa shape index (κ2) is 6.88. The molecule has 4 nitrogen and oxygen atoms in total. The molecule has 2 rings (SSSR count). The molecule has 0 saturated heterocycles. The average molecular weight is 330 g/mol. The fourth-order valence-electron chi connectivity index (χ4n) is 3.11. The summed E-state index contributed by atoms with van der Waals surface area (Å²) in [5, 5.41) is 5.84. The highest BCUT2D eigenvalue weighted by molar-refractivity contribution is 5.77. The van der Waals surface area contributed by atoms with Crippen LogP contribution in [0.25, 0.3) is 5.57 Å². The molecule has 1 aromatic carbocycles. The van der Waals surface area contributed by atoms with Crippen molar-refractivity contribution in [1.82, 2.24) is 10.6 Å². The van der Waals surface area contributed by atoms with E-state index in [1.807, 2.05) is 26.8 Å². The Hall–Kier alpha value is -1.97. The Bertz CT molecular complexity index is 640. The Morgan fingerprint density at radius 2 is 2.04 bits per heavy atom. The summed E-state index contributed by atoms with van der Waals surface area (Å²) in [4.78, 5) is 11.9. The molecular formula is C20H30N2O2. The molecule has 2 amide bonds. The third-order valence-corrected chi connectivity index (χ3v) is 4.41. The Labute approximate surface area is 145 Å². The summed E-state index contributed by atoms with van der Waals surface area (Å²) < 4.78 is 5.39. The van der Waals surface area contributed by atoms with Gasteiger partial charge in [-0.1, -0.05) is 26.0 Å². The van der Waals surface area contributed by atoms with Crippen molar-refractivity contribution < 1.29 is 9.53 Å². The lowest BCUT2D eigenvalue weighted by Crippen LogP contribution is -2.46. The summed E-state index contributed by atoms with van der Waals surface area (Å²) >= 11 is 0. The number of methoxy groups -OCH3 is 1. The molecule has 0 saturated carbocycles. The van der Waals surface area contributed by atoms with Crippen molar-refractivity contribution in [1.29, 1.82) is 0 Å². The summed E-state index contributed by atoms with van der Waals surface area (Å²) in [6.07, 6.45) is 4.31. The second-order valence-corrected chi connectivity index (χ2v) is 8.11. The molecule has 0 aromatic heterocycles. The van der Waals surface area contributed by atoms with Crippen molar-refractivity contribution >= 4 is 11.6 Å². The van der Waals surface area contributed by atoms with Crippen LogP contribution in [0.3, 0.4) is 0 Å². The van der Waals surface area contributed by atoms with Crippen LogP contribution in [0.4, 0.5) is 4.79 Å². The molecule has 4 heteroatoms. The number of urea groups is 1. The van der Waals surface area contributed by atoms with Crippen molar-refractivity contribution in [2.75, 3.05) is 13.7 Å². The van der Waals surface area contributed by atoms with E-state index in [0.29, 0.717) is 6.54 Å². The van der Waals surface area contributed by atoms with Crippen LogP contribution in [0.5, 0.6) is 5.75 Å². The molecule has 132 valence electrons. The molecular weight excluding hydrogens is 300 g/mol. The van der Waals surface area contributed by atoms with Gasteiger partial charge in [0.1, 0.15) is 5.75 Å². The van der Waals surface area contributed by atoms with E-state index >= 15 is 0 Å². The first-order valence-corrected chi connectivity index (χ1v) is 8.56. The number of amides is 2. The van der Waals surface area contributed by atoms with Crippen LogP contribution in [-0.2, 0) is 6.42 Å². The van der Waals surface area contributed by atoms with E-state index in [-0.39, 0.29) is 17.0 Å². The monoisotopic (exact) mass is 330 g/mol. The second-order valence-electron chi connectivity index (χ2n) is 8.11. The van der Waals surface area contributed by atoms with E-state index in [9.17, 15) is 4.79 Å². The predicted molar refractivity (Wildman–Crippen MR) is 99.4 cm³/mol.